The van der Waals surface area contributed by atoms with E-state index in [4.69, 9.17) is 10.5 Å². The monoisotopic (exact) mass is 341 g/mol. The largest absolute Gasteiger partial charge is 0.618 e. The lowest BCUT2D eigenvalue weighted by molar-refractivity contribution is -0.605. The molecule has 8 nitrogen and oxygen atoms in total. The Bertz CT molecular complexity index is 935. The van der Waals surface area contributed by atoms with Crippen LogP contribution in [0.5, 0.6) is 5.75 Å². The van der Waals surface area contributed by atoms with Gasteiger partial charge in [-0.1, -0.05) is 25.1 Å². The number of benzene rings is 1. The number of carbonyl (C=O) groups is 1. The van der Waals surface area contributed by atoms with Crippen molar-refractivity contribution in [2.75, 3.05) is 19.4 Å². The summed E-state index contributed by atoms with van der Waals surface area (Å²) in [4.78, 5) is 12.3. The smallest absolute Gasteiger partial charge is 0.319 e. The Morgan fingerprint density at radius 3 is 2.96 bits per heavy atom. The fourth-order valence-electron chi connectivity index (χ4n) is 2.75. The van der Waals surface area contributed by atoms with E-state index in [0.29, 0.717) is 39.1 Å². The summed E-state index contributed by atoms with van der Waals surface area (Å²) in [5.74, 6) is 0.0639. The number of ether oxygens (including phenoxy) is 1. The highest BCUT2D eigenvalue weighted by Crippen LogP contribution is 2.34. The molecule has 130 valence electrons. The number of methoxy groups -OCH3 is 1. The molecule has 0 atom stereocenters. The third kappa shape index (κ3) is 2.82. The van der Waals surface area contributed by atoms with Gasteiger partial charge in [0.25, 0.3) is 0 Å². The number of amides is 1. The number of anilines is 1. The van der Waals surface area contributed by atoms with Crippen LogP contribution >= 0.6 is 0 Å². The second-order valence-corrected chi connectivity index (χ2v) is 5.55. The molecule has 0 spiro atoms. The van der Waals surface area contributed by atoms with E-state index < -0.39 is 5.91 Å². The van der Waals surface area contributed by atoms with Gasteiger partial charge in [-0.05, 0) is 6.42 Å². The van der Waals surface area contributed by atoms with Gasteiger partial charge < -0.3 is 21.0 Å². The minimum absolute atomic E-state index is 0.102. The second kappa shape index (κ2) is 6.68. The maximum absolute atomic E-state index is 12.5. The van der Waals surface area contributed by atoms with Crippen LogP contribution in [0.4, 0.5) is 5.69 Å². The van der Waals surface area contributed by atoms with E-state index in [1.54, 1.807) is 18.3 Å². The highest BCUT2D eigenvalue weighted by molar-refractivity contribution is 6.08. The molecule has 0 aliphatic rings. The summed E-state index contributed by atoms with van der Waals surface area (Å²) in [5.41, 5.74) is 7.53. The maximum Gasteiger partial charge on any atom is 0.319 e. The number of H-pyrrole nitrogens is 1. The van der Waals surface area contributed by atoms with Crippen molar-refractivity contribution in [3.8, 4) is 17.0 Å². The number of nitrogens with two attached hydrogens (primary N) is 1. The van der Waals surface area contributed by atoms with Crippen molar-refractivity contribution in [1.82, 2.24) is 15.5 Å². The Kier molecular flexibility index (Phi) is 4.42. The normalized spacial score (nSPS) is 10.8. The topological polar surface area (TPSA) is 120 Å². The molecule has 4 N–H and O–H groups in total. The molecule has 2 aromatic heterocycles. The molecule has 0 fully saturated rings. The van der Waals surface area contributed by atoms with Gasteiger partial charge in [-0.3, -0.25) is 9.89 Å². The number of nitrogens with one attached hydrogen (secondary N) is 2. The van der Waals surface area contributed by atoms with Gasteiger partial charge >= 0.3 is 11.6 Å². The molecule has 0 saturated carbocycles. The SMILES string of the molecule is CCCNC(=O)c1c(N)c2cccc(-c3[nH]ncc3OC)c2c[n+]1[O-]. The average Bonchev–Trinajstić information content (AvgIpc) is 3.08. The van der Waals surface area contributed by atoms with Gasteiger partial charge in [0.1, 0.15) is 11.4 Å². The molecule has 0 aliphatic heterocycles. The van der Waals surface area contributed by atoms with Crippen LogP contribution in [0.25, 0.3) is 22.0 Å². The fraction of sp³-hybridized carbons (Fsp3) is 0.235. The number of fused-ring (bicyclic) bond motifs is 1. The number of aromatic amines is 1. The van der Waals surface area contributed by atoms with Gasteiger partial charge in [-0.2, -0.15) is 9.83 Å². The lowest BCUT2D eigenvalue weighted by Gasteiger charge is -2.12. The summed E-state index contributed by atoms with van der Waals surface area (Å²) in [6.07, 6.45) is 3.67. The molecule has 0 radical (unpaired) electrons. The van der Waals surface area contributed by atoms with Gasteiger partial charge in [0.2, 0.25) is 0 Å². The van der Waals surface area contributed by atoms with Gasteiger partial charge in [0, 0.05) is 17.5 Å². The number of rotatable bonds is 5. The zero-order valence-electron chi connectivity index (χ0n) is 14.0. The summed E-state index contributed by atoms with van der Waals surface area (Å²) in [7, 11) is 1.54. The Balaban J connectivity index is 2.20. The van der Waals surface area contributed by atoms with Crippen molar-refractivity contribution < 1.29 is 14.3 Å². The number of hydrogen-bond donors (Lipinski definition) is 3. The summed E-state index contributed by atoms with van der Waals surface area (Å²) in [6, 6.07) is 5.40. The maximum atomic E-state index is 12.5. The lowest BCUT2D eigenvalue weighted by atomic mass is 10.0. The van der Waals surface area contributed by atoms with Crippen LogP contribution in [0.1, 0.15) is 23.8 Å². The molecule has 0 bridgehead atoms. The molecule has 3 aromatic rings. The average molecular weight is 341 g/mol. The van der Waals surface area contributed by atoms with Crippen molar-refractivity contribution in [3.05, 3.63) is 41.5 Å². The molecule has 25 heavy (non-hydrogen) atoms. The number of hydrogen-bond acceptors (Lipinski definition) is 5. The van der Waals surface area contributed by atoms with E-state index in [2.05, 4.69) is 15.5 Å². The number of nitrogens with zero attached hydrogens (tertiary/aromatic N) is 2. The number of nitrogen functional groups attached to an aromatic ring is 1. The molecule has 1 aromatic carbocycles. The first-order chi connectivity index (χ1) is 12.1. The number of aromatic nitrogens is 3. The van der Waals surface area contributed by atoms with Gasteiger partial charge in [0.15, 0.2) is 11.9 Å². The van der Waals surface area contributed by atoms with Gasteiger partial charge in [0.05, 0.1) is 18.7 Å². The summed E-state index contributed by atoms with van der Waals surface area (Å²) < 4.78 is 5.79. The predicted octanol–water partition coefficient (Wildman–Crippen LogP) is 1.59. The van der Waals surface area contributed by atoms with E-state index in [1.807, 2.05) is 13.0 Å². The van der Waals surface area contributed by atoms with Gasteiger partial charge in [-0.15, -0.1) is 0 Å². The Morgan fingerprint density at radius 1 is 1.44 bits per heavy atom. The van der Waals surface area contributed by atoms with E-state index >= 15 is 0 Å². The van der Waals surface area contributed by atoms with E-state index in [1.165, 1.54) is 13.3 Å². The molecular formula is C17H19N5O3. The zero-order chi connectivity index (χ0) is 18.0. The van der Waals surface area contributed by atoms with E-state index in [9.17, 15) is 10.0 Å². The van der Waals surface area contributed by atoms with Crippen LogP contribution in [0, 0.1) is 5.21 Å². The van der Waals surface area contributed by atoms with E-state index in [0.717, 1.165) is 6.42 Å². The second-order valence-electron chi connectivity index (χ2n) is 5.55. The van der Waals surface area contributed by atoms with Crippen molar-refractivity contribution in [3.63, 3.8) is 0 Å². The number of pyridine rings is 1. The highest BCUT2D eigenvalue weighted by atomic mass is 16.5. The minimum atomic E-state index is -0.485. The molecule has 0 aliphatic carbocycles. The van der Waals surface area contributed by atoms with Crippen molar-refractivity contribution in [1.29, 1.82) is 0 Å². The van der Waals surface area contributed by atoms with Crippen molar-refractivity contribution >= 4 is 22.4 Å². The standard InChI is InChI=1S/C17H19N5O3/c1-3-7-19-17(23)16-14(18)10-5-4-6-11(12(10)9-22(16)24)15-13(25-2)8-20-21-15/h4-6,8-9H,3,7,18H2,1-2H3,(H,19,23)(H,20,21). The van der Waals surface area contributed by atoms with Crippen LogP contribution in [-0.4, -0.2) is 29.8 Å². The molecule has 0 unspecified atom stereocenters. The first-order valence-corrected chi connectivity index (χ1v) is 7.88. The quantitative estimate of drug-likeness (QED) is 0.481. The summed E-state index contributed by atoms with van der Waals surface area (Å²) in [5, 5.41) is 23.2. The van der Waals surface area contributed by atoms with Crippen LogP contribution < -0.4 is 20.5 Å². The zero-order valence-corrected chi connectivity index (χ0v) is 14.0. The van der Waals surface area contributed by atoms with Crippen LogP contribution in [-0.2, 0) is 0 Å². The third-order valence-corrected chi connectivity index (χ3v) is 3.96. The predicted molar refractivity (Wildman–Crippen MR) is 94.1 cm³/mol. The van der Waals surface area contributed by atoms with Crippen molar-refractivity contribution in [2.24, 2.45) is 0 Å². The minimum Gasteiger partial charge on any atom is -0.618 e. The molecule has 3 rings (SSSR count). The first kappa shape index (κ1) is 16.6. The summed E-state index contributed by atoms with van der Waals surface area (Å²) in [6.45, 7) is 2.40. The molecular weight excluding hydrogens is 322 g/mol. The van der Waals surface area contributed by atoms with E-state index in [-0.39, 0.29) is 11.4 Å². The Labute approximate surface area is 144 Å². The lowest BCUT2D eigenvalue weighted by Crippen LogP contribution is -2.40. The third-order valence-electron chi connectivity index (χ3n) is 3.96. The Hall–Kier alpha value is -3.29. The molecule has 0 saturated heterocycles. The molecule has 1 amide bonds. The highest BCUT2D eigenvalue weighted by Gasteiger charge is 2.24. The van der Waals surface area contributed by atoms with Crippen LogP contribution in [0.15, 0.2) is 30.6 Å². The first-order valence-electron chi connectivity index (χ1n) is 7.88. The molecule has 2 heterocycles. The fourth-order valence-corrected chi connectivity index (χ4v) is 2.75. The van der Waals surface area contributed by atoms with Gasteiger partial charge in [-0.25, -0.2) is 0 Å². The number of carbonyl (C=O) groups excluding carboxylic acids is 1. The molecule has 8 heteroatoms. The van der Waals surface area contributed by atoms with Crippen LogP contribution in [0.2, 0.25) is 0 Å². The van der Waals surface area contributed by atoms with Crippen LogP contribution in [0.3, 0.4) is 0 Å². The van der Waals surface area contributed by atoms with Crippen molar-refractivity contribution in [2.45, 2.75) is 13.3 Å². The Morgan fingerprint density at radius 2 is 2.24 bits per heavy atom. The summed E-state index contributed by atoms with van der Waals surface area (Å²) >= 11 is 0.